The zero-order chi connectivity index (χ0) is 17.4. The number of rotatable bonds is 8. The molecule has 2 N–H and O–H groups in total. The van der Waals surface area contributed by atoms with Crippen molar-refractivity contribution in [1.29, 1.82) is 0 Å². The van der Waals surface area contributed by atoms with Crippen LogP contribution >= 0.6 is 11.8 Å². The van der Waals surface area contributed by atoms with E-state index in [1.54, 1.807) is 18.8 Å². The monoisotopic (exact) mass is 346 g/mol. The fraction of sp³-hybridized carbons (Fsp3) is 0.333. The molecule has 0 spiro atoms. The maximum Gasteiger partial charge on any atom is 0.317 e. The number of nitrogens with zero attached hydrogens (tertiary/aromatic N) is 1. The number of fused-ring (bicyclic) bond motifs is 1. The molecule has 0 saturated heterocycles. The van der Waals surface area contributed by atoms with Gasteiger partial charge in [0.25, 0.3) is 0 Å². The Hall–Kier alpha value is -2.21. The topological polar surface area (TPSA) is 69.6 Å². The van der Waals surface area contributed by atoms with Crippen molar-refractivity contribution in [2.45, 2.75) is 12.2 Å². The van der Waals surface area contributed by atoms with Crippen LogP contribution in [-0.4, -0.2) is 47.9 Å². The standard InChI is InChI=1S/C18H22N2O3S/c1-20(11-9-17(21)22)18(23)19-10-12-24-13-15-7-4-6-14-5-2-3-8-16(14)15/h2-8H,9-13H2,1H3,(H,19,23)(H,21,22). The van der Waals surface area contributed by atoms with E-state index in [0.29, 0.717) is 6.54 Å². The molecule has 128 valence electrons. The molecule has 2 rings (SSSR count). The number of carbonyl (C=O) groups excluding carboxylic acids is 1. The van der Waals surface area contributed by atoms with Crippen LogP contribution in [-0.2, 0) is 10.5 Å². The molecule has 6 heteroatoms. The maximum atomic E-state index is 11.8. The van der Waals surface area contributed by atoms with Gasteiger partial charge in [0, 0.05) is 31.6 Å². The number of urea groups is 1. The van der Waals surface area contributed by atoms with E-state index in [9.17, 15) is 9.59 Å². The molecule has 24 heavy (non-hydrogen) atoms. The van der Waals surface area contributed by atoms with Crippen molar-refractivity contribution >= 4 is 34.5 Å². The Balaban J connectivity index is 1.71. The molecule has 2 aromatic rings. The number of hydrogen-bond acceptors (Lipinski definition) is 3. The van der Waals surface area contributed by atoms with Gasteiger partial charge in [-0.1, -0.05) is 42.5 Å². The molecule has 0 fully saturated rings. The summed E-state index contributed by atoms with van der Waals surface area (Å²) in [6.07, 6.45) is -0.0419. The van der Waals surface area contributed by atoms with Crippen LogP contribution in [0.2, 0.25) is 0 Å². The molecule has 0 unspecified atom stereocenters. The van der Waals surface area contributed by atoms with Crippen LogP contribution in [0.3, 0.4) is 0 Å². The van der Waals surface area contributed by atoms with Crippen molar-refractivity contribution < 1.29 is 14.7 Å². The normalized spacial score (nSPS) is 10.5. The highest BCUT2D eigenvalue weighted by molar-refractivity contribution is 7.98. The number of hydrogen-bond donors (Lipinski definition) is 2. The molecule has 0 radical (unpaired) electrons. The molecular formula is C18H22N2O3S. The first kappa shape index (κ1) is 18.1. The molecule has 2 aromatic carbocycles. The summed E-state index contributed by atoms with van der Waals surface area (Å²) >= 11 is 1.77. The van der Waals surface area contributed by atoms with Crippen LogP contribution in [0.1, 0.15) is 12.0 Å². The lowest BCUT2D eigenvalue weighted by molar-refractivity contribution is -0.137. The van der Waals surface area contributed by atoms with Crippen LogP contribution in [0.4, 0.5) is 4.79 Å². The Morgan fingerprint density at radius 3 is 2.71 bits per heavy atom. The molecule has 0 bridgehead atoms. The summed E-state index contributed by atoms with van der Waals surface area (Å²) in [6.45, 7) is 0.774. The first-order valence-corrected chi connectivity index (χ1v) is 8.98. The zero-order valence-electron chi connectivity index (χ0n) is 13.7. The molecule has 5 nitrogen and oxygen atoms in total. The molecule has 0 saturated carbocycles. The van der Waals surface area contributed by atoms with Gasteiger partial charge in [-0.25, -0.2) is 4.79 Å². The van der Waals surface area contributed by atoms with E-state index in [-0.39, 0.29) is 19.0 Å². The fourth-order valence-electron chi connectivity index (χ4n) is 2.33. The van der Waals surface area contributed by atoms with Gasteiger partial charge < -0.3 is 15.3 Å². The van der Waals surface area contributed by atoms with Crippen molar-refractivity contribution in [2.75, 3.05) is 25.9 Å². The van der Waals surface area contributed by atoms with E-state index >= 15 is 0 Å². The van der Waals surface area contributed by atoms with Crippen LogP contribution in [0, 0.1) is 0 Å². The summed E-state index contributed by atoms with van der Waals surface area (Å²) < 4.78 is 0. The third-order valence-electron chi connectivity index (χ3n) is 3.67. The number of carboxylic acids is 1. The van der Waals surface area contributed by atoms with E-state index in [4.69, 9.17) is 5.11 Å². The Kier molecular flexibility index (Phi) is 6.93. The predicted octanol–water partition coefficient (Wildman–Crippen LogP) is 3.19. The Morgan fingerprint density at radius 2 is 1.92 bits per heavy atom. The second-order valence-electron chi connectivity index (χ2n) is 5.49. The van der Waals surface area contributed by atoms with E-state index in [1.165, 1.54) is 21.2 Å². The average Bonchev–Trinajstić information content (AvgIpc) is 2.59. The Labute approximate surface area is 146 Å². The van der Waals surface area contributed by atoms with Crippen LogP contribution in [0.15, 0.2) is 42.5 Å². The zero-order valence-corrected chi connectivity index (χ0v) is 14.5. The second kappa shape index (κ2) is 9.17. The second-order valence-corrected chi connectivity index (χ2v) is 6.59. The van der Waals surface area contributed by atoms with Gasteiger partial charge in [0.1, 0.15) is 0 Å². The minimum absolute atomic E-state index is 0.0419. The van der Waals surface area contributed by atoms with Gasteiger partial charge in [-0.15, -0.1) is 0 Å². The largest absolute Gasteiger partial charge is 0.481 e. The van der Waals surface area contributed by atoms with Gasteiger partial charge in [0.05, 0.1) is 6.42 Å². The summed E-state index contributed by atoms with van der Waals surface area (Å²) in [6, 6.07) is 14.4. The number of thioether (sulfide) groups is 1. The molecule has 0 aliphatic rings. The smallest absolute Gasteiger partial charge is 0.317 e. The van der Waals surface area contributed by atoms with E-state index in [1.807, 2.05) is 12.1 Å². The van der Waals surface area contributed by atoms with Gasteiger partial charge in [0.2, 0.25) is 0 Å². The van der Waals surface area contributed by atoms with Crippen molar-refractivity contribution in [3.63, 3.8) is 0 Å². The summed E-state index contributed by atoms with van der Waals surface area (Å²) in [5, 5.41) is 13.9. The van der Waals surface area contributed by atoms with Crippen molar-refractivity contribution in [3.8, 4) is 0 Å². The third-order valence-corrected chi connectivity index (χ3v) is 4.68. The van der Waals surface area contributed by atoms with E-state index in [0.717, 1.165) is 11.5 Å². The number of carbonyl (C=O) groups is 2. The molecule has 0 heterocycles. The molecule has 2 amide bonds. The highest BCUT2D eigenvalue weighted by Gasteiger charge is 2.09. The maximum absolute atomic E-state index is 11.8. The average molecular weight is 346 g/mol. The van der Waals surface area contributed by atoms with Gasteiger partial charge in [-0.05, 0) is 16.3 Å². The summed E-state index contributed by atoms with van der Waals surface area (Å²) in [4.78, 5) is 23.7. The lowest BCUT2D eigenvalue weighted by atomic mass is 10.1. The number of aliphatic carboxylic acids is 1. The van der Waals surface area contributed by atoms with Crippen LogP contribution in [0.5, 0.6) is 0 Å². The van der Waals surface area contributed by atoms with Gasteiger partial charge in [0.15, 0.2) is 0 Å². The highest BCUT2D eigenvalue weighted by Crippen LogP contribution is 2.22. The first-order valence-electron chi connectivity index (χ1n) is 7.83. The van der Waals surface area contributed by atoms with Crippen molar-refractivity contribution in [1.82, 2.24) is 10.2 Å². The highest BCUT2D eigenvalue weighted by atomic mass is 32.2. The molecule has 0 aliphatic carbocycles. The Morgan fingerprint density at radius 1 is 1.17 bits per heavy atom. The summed E-state index contributed by atoms with van der Waals surface area (Å²) in [5.41, 5.74) is 1.29. The summed E-state index contributed by atoms with van der Waals surface area (Å²) in [5.74, 6) is 0.800. The van der Waals surface area contributed by atoms with Gasteiger partial charge in [-0.3, -0.25) is 4.79 Å². The summed E-state index contributed by atoms with van der Waals surface area (Å²) in [7, 11) is 1.60. The lowest BCUT2D eigenvalue weighted by Gasteiger charge is -2.16. The van der Waals surface area contributed by atoms with E-state index < -0.39 is 5.97 Å². The number of benzene rings is 2. The van der Waals surface area contributed by atoms with Crippen molar-refractivity contribution in [3.05, 3.63) is 48.0 Å². The molecular weight excluding hydrogens is 324 g/mol. The van der Waals surface area contributed by atoms with Gasteiger partial charge in [-0.2, -0.15) is 11.8 Å². The minimum Gasteiger partial charge on any atom is -0.481 e. The Bertz CT molecular complexity index is 700. The van der Waals surface area contributed by atoms with Crippen LogP contribution < -0.4 is 5.32 Å². The predicted molar refractivity (Wildman–Crippen MR) is 98.4 cm³/mol. The van der Waals surface area contributed by atoms with E-state index in [2.05, 4.69) is 35.6 Å². The van der Waals surface area contributed by atoms with Crippen LogP contribution in [0.25, 0.3) is 10.8 Å². The number of carboxylic acid groups (broad SMARTS) is 1. The number of amides is 2. The quantitative estimate of drug-likeness (QED) is 0.720. The minimum atomic E-state index is -0.903. The molecule has 0 aromatic heterocycles. The first-order chi connectivity index (χ1) is 11.6. The molecule has 0 atom stereocenters. The lowest BCUT2D eigenvalue weighted by Crippen LogP contribution is -2.39. The fourth-order valence-corrected chi connectivity index (χ4v) is 3.19. The molecule has 0 aliphatic heterocycles. The van der Waals surface area contributed by atoms with Crippen molar-refractivity contribution in [2.24, 2.45) is 0 Å². The van der Waals surface area contributed by atoms with Gasteiger partial charge >= 0.3 is 12.0 Å². The number of nitrogens with one attached hydrogen (secondary N) is 1. The third kappa shape index (κ3) is 5.45. The SMILES string of the molecule is CN(CCC(=O)O)C(=O)NCCSCc1cccc2ccccc12.